The summed E-state index contributed by atoms with van der Waals surface area (Å²) in [4.78, 5) is 33.0. The van der Waals surface area contributed by atoms with Crippen molar-refractivity contribution in [1.82, 2.24) is 14.5 Å². The number of pyridine rings is 1. The molecule has 0 aliphatic carbocycles. The molecular weight excluding hydrogens is 310 g/mol. The predicted molar refractivity (Wildman–Crippen MR) is 91.3 cm³/mol. The minimum atomic E-state index is -0.181. The second-order valence-electron chi connectivity index (χ2n) is 5.23. The Balaban J connectivity index is 2.27. The van der Waals surface area contributed by atoms with Crippen LogP contribution in [0.1, 0.15) is 12.5 Å². The number of nitrogens with zero attached hydrogens (tertiary/aromatic N) is 3. The first kappa shape index (κ1) is 15.4. The number of thioether (sulfide) groups is 1. The van der Waals surface area contributed by atoms with E-state index in [0.717, 1.165) is 5.56 Å². The third kappa shape index (κ3) is 3.17. The summed E-state index contributed by atoms with van der Waals surface area (Å²) in [6.45, 7) is 3.45. The lowest BCUT2D eigenvalue weighted by Crippen LogP contribution is -2.23. The van der Waals surface area contributed by atoms with Crippen LogP contribution in [0.3, 0.4) is 0 Å². The van der Waals surface area contributed by atoms with E-state index in [2.05, 4.69) is 9.97 Å². The van der Waals surface area contributed by atoms with Gasteiger partial charge >= 0.3 is 0 Å². The van der Waals surface area contributed by atoms with Crippen LogP contribution in [0.15, 0.2) is 52.5 Å². The molecule has 0 amide bonds. The number of carbonyl (C=O) groups is 1. The van der Waals surface area contributed by atoms with Crippen LogP contribution < -0.4 is 5.56 Å². The lowest BCUT2D eigenvalue weighted by Gasteiger charge is -2.12. The lowest BCUT2D eigenvalue weighted by molar-refractivity contribution is -0.114. The maximum absolute atomic E-state index is 12.9. The number of aromatic nitrogens is 3. The van der Waals surface area contributed by atoms with E-state index in [-0.39, 0.29) is 17.1 Å². The topological polar surface area (TPSA) is 64.8 Å². The molecule has 0 radical (unpaired) electrons. The fraction of sp³-hybridized carbons (Fsp3) is 0.176. The highest BCUT2D eigenvalue weighted by Gasteiger charge is 2.14. The smallest absolute Gasteiger partial charge is 0.267 e. The van der Waals surface area contributed by atoms with Gasteiger partial charge in [0.25, 0.3) is 5.56 Å². The Morgan fingerprint density at radius 2 is 2.04 bits per heavy atom. The molecule has 0 aliphatic rings. The van der Waals surface area contributed by atoms with Gasteiger partial charge < -0.3 is 0 Å². The molecule has 3 aromatic rings. The average molecular weight is 325 g/mol. The molecule has 0 aliphatic heterocycles. The van der Waals surface area contributed by atoms with Crippen LogP contribution in [-0.4, -0.2) is 26.1 Å². The molecule has 0 fully saturated rings. The molecule has 23 heavy (non-hydrogen) atoms. The van der Waals surface area contributed by atoms with Gasteiger partial charge in [0, 0.05) is 6.20 Å². The molecule has 0 unspecified atom stereocenters. The molecule has 116 valence electrons. The SMILES string of the molecule is CC(=O)CSc1nc2ccccc2c(=O)n1-c1cc(C)ccn1. The fourth-order valence-electron chi connectivity index (χ4n) is 2.22. The average Bonchev–Trinajstić information content (AvgIpc) is 2.53. The van der Waals surface area contributed by atoms with Crippen molar-refractivity contribution in [2.75, 3.05) is 5.75 Å². The van der Waals surface area contributed by atoms with Crippen molar-refractivity contribution >= 4 is 28.4 Å². The number of benzene rings is 1. The minimum absolute atomic E-state index is 0.0289. The third-order valence-corrected chi connectivity index (χ3v) is 4.36. The second-order valence-corrected chi connectivity index (χ2v) is 6.18. The summed E-state index contributed by atoms with van der Waals surface area (Å²) in [5.41, 5.74) is 1.43. The van der Waals surface area contributed by atoms with E-state index in [4.69, 9.17) is 0 Å². The quantitative estimate of drug-likeness (QED) is 0.545. The minimum Gasteiger partial charge on any atom is -0.299 e. The number of hydrogen-bond donors (Lipinski definition) is 0. The molecule has 1 aromatic carbocycles. The normalized spacial score (nSPS) is 10.9. The molecule has 0 atom stereocenters. The first-order chi connectivity index (χ1) is 11.1. The van der Waals surface area contributed by atoms with E-state index in [9.17, 15) is 9.59 Å². The highest BCUT2D eigenvalue weighted by atomic mass is 32.2. The standard InChI is InChI=1S/C17H15N3O2S/c1-11-7-8-18-15(9-11)20-16(22)13-5-3-4-6-14(13)19-17(20)23-10-12(2)21/h3-9H,10H2,1-2H3. The van der Waals surface area contributed by atoms with Crippen molar-refractivity contribution in [3.8, 4) is 5.82 Å². The Kier molecular flexibility index (Phi) is 4.25. The zero-order chi connectivity index (χ0) is 16.4. The van der Waals surface area contributed by atoms with Gasteiger partial charge in [-0.15, -0.1) is 0 Å². The third-order valence-electron chi connectivity index (χ3n) is 3.28. The van der Waals surface area contributed by atoms with Crippen molar-refractivity contribution in [3.63, 3.8) is 0 Å². The van der Waals surface area contributed by atoms with E-state index in [0.29, 0.717) is 21.9 Å². The fourth-order valence-corrected chi connectivity index (χ4v) is 3.02. The van der Waals surface area contributed by atoms with Gasteiger partial charge in [-0.1, -0.05) is 23.9 Å². The van der Waals surface area contributed by atoms with Gasteiger partial charge in [0.05, 0.1) is 16.7 Å². The van der Waals surface area contributed by atoms with E-state index in [1.807, 2.05) is 31.2 Å². The molecule has 0 saturated heterocycles. The first-order valence-corrected chi connectivity index (χ1v) is 8.12. The number of Topliss-reactive ketones (excluding diaryl/α,β-unsaturated/α-hetero) is 1. The van der Waals surface area contributed by atoms with Gasteiger partial charge in [-0.05, 0) is 43.7 Å². The second kappa shape index (κ2) is 6.34. The van der Waals surface area contributed by atoms with Gasteiger partial charge in [0.15, 0.2) is 5.16 Å². The van der Waals surface area contributed by atoms with Gasteiger partial charge in [-0.2, -0.15) is 0 Å². The summed E-state index contributed by atoms with van der Waals surface area (Å²) in [6.07, 6.45) is 1.66. The van der Waals surface area contributed by atoms with Crippen molar-refractivity contribution in [2.24, 2.45) is 0 Å². The first-order valence-electron chi connectivity index (χ1n) is 7.13. The van der Waals surface area contributed by atoms with Crippen LogP contribution in [0, 0.1) is 6.92 Å². The Morgan fingerprint density at radius 1 is 1.26 bits per heavy atom. The monoisotopic (exact) mass is 325 g/mol. The summed E-state index contributed by atoms with van der Waals surface area (Å²) >= 11 is 1.25. The van der Waals surface area contributed by atoms with Gasteiger partial charge in [-0.3, -0.25) is 9.59 Å². The summed E-state index contributed by atoms with van der Waals surface area (Å²) in [6, 6.07) is 10.9. The lowest BCUT2D eigenvalue weighted by atomic mass is 10.2. The van der Waals surface area contributed by atoms with Crippen molar-refractivity contribution in [3.05, 3.63) is 58.5 Å². The maximum atomic E-state index is 12.9. The zero-order valence-corrected chi connectivity index (χ0v) is 13.6. The van der Waals surface area contributed by atoms with Crippen LogP contribution in [0.4, 0.5) is 0 Å². The molecule has 5 nitrogen and oxygen atoms in total. The zero-order valence-electron chi connectivity index (χ0n) is 12.8. The van der Waals surface area contributed by atoms with Crippen molar-refractivity contribution in [1.29, 1.82) is 0 Å². The number of hydrogen-bond acceptors (Lipinski definition) is 5. The Labute approximate surface area is 137 Å². The van der Waals surface area contributed by atoms with Gasteiger partial charge in [-0.25, -0.2) is 14.5 Å². The van der Waals surface area contributed by atoms with E-state index in [1.165, 1.54) is 23.3 Å². The van der Waals surface area contributed by atoms with Crippen LogP contribution >= 0.6 is 11.8 Å². The summed E-state index contributed by atoms with van der Waals surface area (Å²) < 4.78 is 1.48. The number of fused-ring (bicyclic) bond motifs is 1. The molecule has 0 saturated carbocycles. The highest BCUT2D eigenvalue weighted by molar-refractivity contribution is 7.99. The Morgan fingerprint density at radius 3 is 2.78 bits per heavy atom. The van der Waals surface area contributed by atoms with Crippen LogP contribution in [-0.2, 0) is 4.79 Å². The molecule has 0 bridgehead atoms. The summed E-state index contributed by atoms with van der Waals surface area (Å²) in [5, 5.41) is 1.00. The number of rotatable bonds is 4. The molecule has 2 heterocycles. The largest absolute Gasteiger partial charge is 0.299 e. The van der Waals surface area contributed by atoms with E-state index < -0.39 is 0 Å². The maximum Gasteiger partial charge on any atom is 0.267 e. The molecule has 0 N–H and O–H groups in total. The molecule has 3 rings (SSSR count). The van der Waals surface area contributed by atoms with Crippen molar-refractivity contribution < 1.29 is 4.79 Å². The Hall–Kier alpha value is -2.47. The number of carbonyl (C=O) groups excluding carboxylic acids is 1. The van der Waals surface area contributed by atoms with Crippen LogP contribution in [0.2, 0.25) is 0 Å². The number of aryl methyl sites for hydroxylation is 1. The molecule has 6 heteroatoms. The van der Waals surface area contributed by atoms with Crippen molar-refractivity contribution in [2.45, 2.75) is 19.0 Å². The van der Waals surface area contributed by atoms with Gasteiger partial charge in [0.1, 0.15) is 11.6 Å². The summed E-state index contributed by atoms with van der Waals surface area (Å²) in [5.74, 6) is 0.803. The van der Waals surface area contributed by atoms with E-state index in [1.54, 1.807) is 18.3 Å². The number of para-hydroxylation sites is 1. The highest BCUT2D eigenvalue weighted by Crippen LogP contribution is 2.20. The van der Waals surface area contributed by atoms with Gasteiger partial charge in [0.2, 0.25) is 0 Å². The molecular formula is C17H15N3O2S. The van der Waals surface area contributed by atoms with E-state index >= 15 is 0 Å². The van der Waals surface area contributed by atoms with Crippen LogP contribution in [0.5, 0.6) is 0 Å². The number of ketones is 1. The summed E-state index contributed by atoms with van der Waals surface area (Å²) in [7, 11) is 0. The van der Waals surface area contributed by atoms with Crippen LogP contribution in [0.25, 0.3) is 16.7 Å². The molecule has 2 aromatic heterocycles. The Bertz CT molecular complexity index is 950. The predicted octanol–water partition coefficient (Wildman–Crippen LogP) is 2.77. The molecule has 0 spiro atoms.